The monoisotopic (exact) mass is 390 g/mol. The lowest BCUT2D eigenvalue weighted by atomic mass is 10.1. The van der Waals surface area contributed by atoms with Gasteiger partial charge < -0.3 is 10.6 Å². The second-order valence-corrected chi connectivity index (χ2v) is 7.29. The first-order valence-corrected chi connectivity index (χ1v) is 9.55. The van der Waals surface area contributed by atoms with E-state index in [-0.39, 0.29) is 18.4 Å². The summed E-state index contributed by atoms with van der Waals surface area (Å²) in [5.41, 5.74) is 4.14. The molecule has 0 unspecified atom stereocenters. The van der Waals surface area contributed by atoms with Crippen molar-refractivity contribution < 1.29 is 9.59 Å². The van der Waals surface area contributed by atoms with Crippen molar-refractivity contribution in [3.63, 3.8) is 0 Å². The molecule has 0 atom stereocenters. The first-order chi connectivity index (χ1) is 14.0. The molecule has 1 aliphatic rings. The zero-order valence-corrected chi connectivity index (χ0v) is 16.3. The quantitative estimate of drug-likeness (QED) is 0.674. The molecule has 2 aromatic carbocycles. The molecule has 1 aliphatic carbocycles. The van der Waals surface area contributed by atoms with Crippen molar-refractivity contribution in [1.29, 1.82) is 0 Å². The van der Waals surface area contributed by atoms with Gasteiger partial charge in [0.1, 0.15) is 0 Å². The van der Waals surface area contributed by atoms with Crippen molar-refractivity contribution in [2.24, 2.45) is 0 Å². The van der Waals surface area contributed by atoms with E-state index in [0.717, 1.165) is 29.5 Å². The van der Waals surface area contributed by atoms with Crippen LogP contribution in [-0.2, 0) is 4.79 Å². The maximum atomic E-state index is 12.3. The van der Waals surface area contributed by atoms with Crippen molar-refractivity contribution in [2.45, 2.75) is 32.7 Å². The fraction of sp³-hybridized carbons (Fsp3) is 0.286. The number of benzene rings is 2. The van der Waals surface area contributed by atoms with E-state index >= 15 is 0 Å². The molecule has 2 amide bonds. The van der Waals surface area contributed by atoms with Crippen LogP contribution in [0.2, 0.25) is 0 Å². The number of aryl methyl sites for hydroxylation is 2. The lowest BCUT2D eigenvalue weighted by Gasteiger charge is -2.09. The maximum absolute atomic E-state index is 12.3. The maximum Gasteiger partial charge on any atom is 0.251 e. The highest BCUT2D eigenvalue weighted by molar-refractivity contribution is 5.99. The molecule has 1 fully saturated rings. The molecule has 148 valence electrons. The van der Waals surface area contributed by atoms with Crippen LogP contribution in [-0.4, -0.2) is 38.6 Å². The minimum atomic E-state index is -0.305. The molecule has 1 heterocycles. The molecular weight excluding hydrogens is 368 g/mol. The van der Waals surface area contributed by atoms with E-state index in [1.807, 2.05) is 48.9 Å². The predicted octanol–water partition coefficient (Wildman–Crippen LogP) is 2.66. The van der Waals surface area contributed by atoms with Crippen molar-refractivity contribution in [2.75, 3.05) is 11.9 Å². The van der Waals surface area contributed by atoms with Gasteiger partial charge in [-0.3, -0.25) is 9.59 Å². The number of rotatable bonds is 6. The lowest BCUT2D eigenvalue weighted by Crippen LogP contribution is -2.32. The molecule has 0 bridgehead atoms. The second-order valence-electron chi connectivity index (χ2n) is 7.29. The summed E-state index contributed by atoms with van der Waals surface area (Å²) in [7, 11) is 0. The predicted molar refractivity (Wildman–Crippen MR) is 108 cm³/mol. The van der Waals surface area contributed by atoms with Crippen LogP contribution in [0, 0.1) is 13.8 Å². The average molecular weight is 390 g/mol. The minimum Gasteiger partial charge on any atom is -0.343 e. The van der Waals surface area contributed by atoms with E-state index in [1.165, 1.54) is 0 Å². The third-order valence-electron chi connectivity index (χ3n) is 4.97. The Bertz CT molecular complexity index is 1070. The molecule has 0 spiro atoms. The van der Waals surface area contributed by atoms with Crippen molar-refractivity contribution >= 4 is 17.5 Å². The minimum absolute atomic E-state index is 0.115. The zero-order valence-electron chi connectivity index (χ0n) is 16.3. The molecule has 0 saturated heterocycles. The Morgan fingerprint density at radius 1 is 1.10 bits per heavy atom. The zero-order chi connectivity index (χ0) is 20.4. The smallest absolute Gasteiger partial charge is 0.251 e. The number of anilines is 1. The van der Waals surface area contributed by atoms with Crippen molar-refractivity contribution in [1.82, 2.24) is 25.5 Å². The van der Waals surface area contributed by atoms with Crippen LogP contribution in [0.15, 0.2) is 42.5 Å². The van der Waals surface area contributed by atoms with Crippen LogP contribution >= 0.6 is 0 Å². The van der Waals surface area contributed by atoms with Crippen LogP contribution in [0.4, 0.5) is 5.69 Å². The van der Waals surface area contributed by atoms with Gasteiger partial charge in [-0.2, -0.15) is 0 Å². The summed E-state index contributed by atoms with van der Waals surface area (Å²) < 4.78 is 1.82. The summed E-state index contributed by atoms with van der Waals surface area (Å²) in [6.45, 7) is 3.82. The number of hydrogen-bond donors (Lipinski definition) is 2. The van der Waals surface area contributed by atoms with E-state index in [4.69, 9.17) is 0 Å². The Balaban J connectivity index is 1.38. The molecule has 8 nitrogen and oxygen atoms in total. The first kappa shape index (κ1) is 18.8. The summed E-state index contributed by atoms with van der Waals surface area (Å²) in [4.78, 5) is 24.5. The number of carbonyl (C=O) groups is 2. The Hall–Kier alpha value is -3.55. The number of tetrazole rings is 1. The summed E-state index contributed by atoms with van der Waals surface area (Å²) in [6.07, 6.45) is 2.16. The van der Waals surface area contributed by atoms with Gasteiger partial charge in [0, 0.05) is 16.8 Å². The third kappa shape index (κ3) is 4.31. The van der Waals surface area contributed by atoms with Gasteiger partial charge in [0.15, 0.2) is 5.82 Å². The number of aromatic nitrogens is 4. The standard InChI is InChI=1S/C21H22N6O2/c1-13-6-7-16(10-14(13)2)21(29)22-12-19(28)23-17-5-3-4-15(11-17)20-24-25-26-27(20)18-8-9-18/h3-7,10-11,18H,8-9,12H2,1-2H3,(H,22,29)(H,23,28). The van der Waals surface area contributed by atoms with Crippen LogP contribution in [0.5, 0.6) is 0 Å². The van der Waals surface area contributed by atoms with E-state index < -0.39 is 0 Å². The van der Waals surface area contributed by atoms with Gasteiger partial charge in [-0.05, 0) is 72.5 Å². The fourth-order valence-corrected chi connectivity index (χ4v) is 3.04. The molecule has 3 aromatic rings. The fourth-order valence-electron chi connectivity index (χ4n) is 3.04. The summed E-state index contributed by atoms with van der Waals surface area (Å²) in [5, 5.41) is 17.4. The highest BCUT2D eigenvalue weighted by atomic mass is 16.2. The number of nitrogens with one attached hydrogen (secondary N) is 2. The normalized spacial score (nSPS) is 13.2. The molecule has 8 heteroatoms. The Kier molecular flexibility index (Phi) is 5.07. The van der Waals surface area contributed by atoms with Gasteiger partial charge in [-0.15, -0.1) is 5.10 Å². The summed E-state index contributed by atoms with van der Waals surface area (Å²) in [6, 6.07) is 13.2. The molecule has 1 aromatic heterocycles. The van der Waals surface area contributed by atoms with Gasteiger partial charge in [-0.25, -0.2) is 4.68 Å². The van der Waals surface area contributed by atoms with Crippen molar-refractivity contribution in [3.8, 4) is 11.4 Å². The average Bonchev–Trinajstić information content (AvgIpc) is 3.44. The van der Waals surface area contributed by atoms with Gasteiger partial charge in [0.05, 0.1) is 12.6 Å². The van der Waals surface area contributed by atoms with Crippen molar-refractivity contribution in [3.05, 3.63) is 59.2 Å². The van der Waals surface area contributed by atoms with E-state index in [9.17, 15) is 9.59 Å². The SMILES string of the molecule is Cc1ccc(C(=O)NCC(=O)Nc2cccc(-c3nnnn3C3CC3)c2)cc1C. The lowest BCUT2D eigenvalue weighted by molar-refractivity contribution is -0.115. The van der Waals surface area contributed by atoms with Crippen LogP contribution in [0.3, 0.4) is 0 Å². The number of hydrogen-bond acceptors (Lipinski definition) is 5. The largest absolute Gasteiger partial charge is 0.343 e. The van der Waals surface area contributed by atoms with Crippen LogP contribution in [0.1, 0.15) is 40.4 Å². The Morgan fingerprint density at radius 3 is 2.69 bits per heavy atom. The highest BCUT2D eigenvalue weighted by Crippen LogP contribution is 2.36. The van der Waals surface area contributed by atoms with E-state index in [2.05, 4.69) is 26.2 Å². The van der Waals surface area contributed by atoms with Gasteiger partial charge in [-0.1, -0.05) is 18.2 Å². The summed E-state index contributed by atoms with van der Waals surface area (Å²) in [5.74, 6) is 0.105. The molecule has 29 heavy (non-hydrogen) atoms. The van der Waals surface area contributed by atoms with Gasteiger partial charge in [0.2, 0.25) is 5.91 Å². The summed E-state index contributed by atoms with van der Waals surface area (Å²) >= 11 is 0. The topological polar surface area (TPSA) is 102 Å². The van der Waals surface area contributed by atoms with Gasteiger partial charge >= 0.3 is 0 Å². The molecule has 1 saturated carbocycles. The third-order valence-corrected chi connectivity index (χ3v) is 4.97. The molecular formula is C21H22N6O2. The number of nitrogens with zero attached hydrogens (tertiary/aromatic N) is 4. The van der Waals surface area contributed by atoms with Gasteiger partial charge in [0.25, 0.3) is 5.91 Å². The highest BCUT2D eigenvalue weighted by Gasteiger charge is 2.28. The second kappa shape index (κ2) is 7.83. The molecule has 4 rings (SSSR count). The van der Waals surface area contributed by atoms with Crippen LogP contribution < -0.4 is 10.6 Å². The Labute approximate surface area is 168 Å². The first-order valence-electron chi connectivity index (χ1n) is 9.55. The van der Waals surface area contributed by atoms with E-state index in [0.29, 0.717) is 23.1 Å². The number of amides is 2. The van der Waals surface area contributed by atoms with E-state index in [1.54, 1.807) is 12.1 Å². The van der Waals surface area contributed by atoms with Crippen LogP contribution in [0.25, 0.3) is 11.4 Å². The molecule has 2 N–H and O–H groups in total. The Morgan fingerprint density at radius 2 is 1.93 bits per heavy atom. The number of carbonyl (C=O) groups excluding carboxylic acids is 2. The molecule has 0 radical (unpaired) electrons. The molecule has 0 aliphatic heterocycles.